The van der Waals surface area contributed by atoms with Crippen LogP contribution in [0, 0.1) is 9.81 Å². The van der Waals surface area contributed by atoms with Gasteiger partial charge in [0.2, 0.25) is 0 Å². The van der Waals surface area contributed by atoms with Gasteiger partial charge in [0.15, 0.2) is 5.34 Å². The third-order valence-electron chi connectivity index (χ3n) is 4.75. The van der Waals surface area contributed by atoms with Crippen LogP contribution in [0.2, 0.25) is 0 Å². The van der Waals surface area contributed by atoms with Crippen LogP contribution in [-0.2, 0) is 14.4 Å². The lowest BCUT2D eigenvalue weighted by molar-refractivity contribution is -0.143. The van der Waals surface area contributed by atoms with Crippen molar-refractivity contribution in [3.05, 3.63) is 9.81 Å². The molecule has 0 saturated heterocycles. The standard InChI is InChI=1S/C19H35ClN2O5/c1-3-4-5-11-14-17(27-22-25)15-12-9-7-6-8-10-13-16-19(20,21-24)18(23)26-2/h17H,3-16H2,1-2H3. The van der Waals surface area contributed by atoms with E-state index in [9.17, 15) is 14.6 Å². The Balaban J connectivity index is 3.70. The highest BCUT2D eigenvalue weighted by Crippen LogP contribution is 2.26. The highest BCUT2D eigenvalue weighted by molar-refractivity contribution is 6.33. The summed E-state index contributed by atoms with van der Waals surface area (Å²) >= 11 is 5.87. The fraction of sp³-hybridized carbons (Fsp3) is 0.947. The number of unbranched alkanes of at least 4 members (excludes halogenated alkanes) is 9. The highest BCUT2D eigenvalue weighted by atomic mass is 35.5. The number of halogens is 1. The van der Waals surface area contributed by atoms with Crippen molar-refractivity contribution >= 4 is 17.6 Å². The molecule has 0 aromatic rings. The molecule has 0 aliphatic carbocycles. The van der Waals surface area contributed by atoms with E-state index in [4.69, 9.17) is 16.4 Å². The normalized spacial score (nSPS) is 14.2. The van der Waals surface area contributed by atoms with E-state index in [-0.39, 0.29) is 12.5 Å². The van der Waals surface area contributed by atoms with Crippen LogP contribution in [0.15, 0.2) is 10.5 Å². The lowest BCUT2D eigenvalue weighted by Gasteiger charge is -2.15. The number of methoxy groups -OCH3 is 1. The van der Waals surface area contributed by atoms with Crippen molar-refractivity contribution in [3.63, 3.8) is 0 Å². The van der Waals surface area contributed by atoms with Crippen LogP contribution in [0.25, 0.3) is 0 Å². The van der Waals surface area contributed by atoms with Gasteiger partial charge in [-0.05, 0) is 37.3 Å². The van der Waals surface area contributed by atoms with Gasteiger partial charge in [-0.3, -0.25) is 0 Å². The second-order valence-electron chi connectivity index (χ2n) is 7.01. The van der Waals surface area contributed by atoms with Gasteiger partial charge in [-0.2, -0.15) is 0 Å². The third kappa shape index (κ3) is 12.7. The number of rotatable bonds is 19. The molecule has 0 aromatic heterocycles. The molecule has 0 spiro atoms. The highest BCUT2D eigenvalue weighted by Gasteiger charge is 2.38. The first kappa shape index (κ1) is 25.8. The maximum Gasteiger partial charge on any atom is 0.353 e. The van der Waals surface area contributed by atoms with E-state index in [0.717, 1.165) is 57.8 Å². The summed E-state index contributed by atoms with van der Waals surface area (Å²) in [6.07, 6.45) is 13.4. The molecule has 158 valence electrons. The van der Waals surface area contributed by atoms with Crippen LogP contribution >= 0.6 is 11.6 Å². The second kappa shape index (κ2) is 16.9. The first-order valence-electron chi connectivity index (χ1n) is 10.1. The lowest BCUT2D eigenvalue weighted by atomic mass is 10.0. The van der Waals surface area contributed by atoms with Gasteiger partial charge >= 0.3 is 5.97 Å². The molecule has 8 heteroatoms. The summed E-state index contributed by atoms with van der Waals surface area (Å²) in [4.78, 5) is 35.7. The SMILES string of the molecule is CCCCCCC(CCCCCCCCCC(Cl)(N=O)C(=O)OC)ON=O. The number of nitrogens with zero attached hydrogens (tertiary/aromatic N) is 2. The average Bonchev–Trinajstić information content (AvgIpc) is 2.68. The molecule has 2 unspecified atom stereocenters. The minimum absolute atomic E-state index is 0.0506. The number of carbonyl (C=O) groups excluding carboxylic acids is 1. The number of carbonyl (C=O) groups is 1. The van der Waals surface area contributed by atoms with Gasteiger partial charge in [-0.25, -0.2) is 4.79 Å². The van der Waals surface area contributed by atoms with Crippen molar-refractivity contribution in [2.24, 2.45) is 10.5 Å². The van der Waals surface area contributed by atoms with Gasteiger partial charge < -0.3 is 9.57 Å². The predicted octanol–water partition coefficient (Wildman–Crippen LogP) is 6.41. The molecule has 0 N–H and O–H groups in total. The Morgan fingerprint density at radius 2 is 1.44 bits per heavy atom. The minimum atomic E-state index is -1.78. The topological polar surface area (TPSA) is 94.4 Å². The molecule has 0 aliphatic heterocycles. The first-order valence-corrected chi connectivity index (χ1v) is 10.5. The third-order valence-corrected chi connectivity index (χ3v) is 5.16. The molecule has 0 saturated carbocycles. The van der Waals surface area contributed by atoms with Gasteiger partial charge in [0.25, 0.3) is 5.00 Å². The molecule has 0 heterocycles. The van der Waals surface area contributed by atoms with E-state index < -0.39 is 11.0 Å². The Morgan fingerprint density at radius 1 is 0.926 bits per heavy atom. The van der Waals surface area contributed by atoms with E-state index in [2.05, 4.69) is 22.2 Å². The Morgan fingerprint density at radius 3 is 1.93 bits per heavy atom. The van der Waals surface area contributed by atoms with Crippen molar-refractivity contribution < 1.29 is 14.4 Å². The zero-order valence-electron chi connectivity index (χ0n) is 16.8. The predicted molar refractivity (Wildman–Crippen MR) is 107 cm³/mol. The monoisotopic (exact) mass is 406 g/mol. The van der Waals surface area contributed by atoms with Crippen LogP contribution in [0.4, 0.5) is 0 Å². The number of hydrogen-bond acceptors (Lipinski definition) is 7. The zero-order valence-corrected chi connectivity index (χ0v) is 17.5. The maximum absolute atomic E-state index is 11.4. The van der Waals surface area contributed by atoms with Crippen molar-refractivity contribution in [3.8, 4) is 0 Å². The van der Waals surface area contributed by atoms with E-state index in [0.29, 0.717) is 6.42 Å². The molecular weight excluding hydrogens is 372 g/mol. The van der Waals surface area contributed by atoms with E-state index in [1.807, 2.05) is 0 Å². The van der Waals surface area contributed by atoms with Crippen molar-refractivity contribution in [1.82, 2.24) is 0 Å². The molecule has 0 aromatic carbocycles. The molecule has 0 fully saturated rings. The first-order chi connectivity index (χ1) is 13.0. The van der Waals surface area contributed by atoms with Crippen LogP contribution in [-0.4, -0.2) is 24.2 Å². The number of alkyl halides is 1. The Hall–Kier alpha value is -1.24. The molecule has 0 aliphatic rings. The Labute approximate surface area is 167 Å². The fourth-order valence-corrected chi connectivity index (χ4v) is 3.28. The van der Waals surface area contributed by atoms with Crippen LogP contribution in [0.5, 0.6) is 0 Å². The number of ether oxygens (including phenoxy) is 1. The van der Waals surface area contributed by atoms with E-state index in [1.54, 1.807) is 0 Å². The smallest absolute Gasteiger partial charge is 0.353 e. The lowest BCUT2D eigenvalue weighted by Crippen LogP contribution is -2.31. The van der Waals surface area contributed by atoms with Crippen LogP contribution < -0.4 is 0 Å². The molecule has 0 amide bonds. The van der Waals surface area contributed by atoms with Crippen molar-refractivity contribution in [2.45, 2.75) is 108 Å². The molecular formula is C19H35ClN2O5. The van der Waals surface area contributed by atoms with Crippen LogP contribution in [0.1, 0.15) is 96.8 Å². The van der Waals surface area contributed by atoms with Gasteiger partial charge in [0.05, 0.1) is 7.11 Å². The minimum Gasteiger partial charge on any atom is -0.466 e. The summed E-state index contributed by atoms with van der Waals surface area (Å²) in [5, 5.41) is 5.32. The largest absolute Gasteiger partial charge is 0.466 e. The second-order valence-corrected chi connectivity index (χ2v) is 7.63. The van der Waals surface area contributed by atoms with Gasteiger partial charge in [-0.1, -0.05) is 69.9 Å². The van der Waals surface area contributed by atoms with Crippen LogP contribution in [0.3, 0.4) is 0 Å². The zero-order chi connectivity index (χ0) is 20.4. The maximum atomic E-state index is 11.4. The fourth-order valence-electron chi connectivity index (χ4n) is 3.07. The number of esters is 1. The van der Waals surface area contributed by atoms with Crippen molar-refractivity contribution in [2.75, 3.05) is 7.11 Å². The number of hydrogen-bond donors (Lipinski definition) is 0. The quantitative estimate of drug-likeness (QED) is 0.0616. The summed E-state index contributed by atoms with van der Waals surface area (Å²) < 4.78 is 4.50. The van der Waals surface area contributed by atoms with Gasteiger partial charge in [-0.15, -0.1) is 9.81 Å². The van der Waals surface area contributed by atoms with Gasteiger partial charge in [0.1, 0.15) is 6.10 Å². The summed E-state index contributed by atoms with van der Waals surface area (Å²) in [6, 6.07) is 0. The molecule has 0 radical (unpaired) electrons. The van der Waals surface area contributed by atoms with E-state index >= 15 is 0 Å². The summed E-state index contributed by atoms with van der Waals surface area (Å²) in [6.45, 7) is 2.17. The Bertz CT molecular complexity index is 412. The molecule has 7 nitrogen and oxygen atoms in total. The Kier molecular flexibility index (Phi) is 16.1. The summed E-state index contributed by atoms with van der Waals surface area (Å²) in [7, 11) is 1.19. The summed E-state index contributed by atoms with van der Waals surface area (Å²) in [5.74, 6) is -0.796. The molecule has 2 atom stereocenters. The van der Waals surface area contributed by atoms with E-state index in [1.165, 1.54) is 26.4 Å². The molecule has 0 bridgehead atoms. The summed E-state index contributed by atoms with van der Waals surface area (Å²) in [5.41, 5.74) is 0. The van der Waals surface area contributed by atoms with Crippen molar-refractivity contribution in [1.29, 1.82) is 0 Å². The molecule has 0 rings (SSSR count). The molecule has 27 heavy (non-hydrogen) atoms. The van der Waals surface area contributed by atoms with Gasteiger partial charge in [0, 0.05) is 6.42 Å². The number of nitroso groups, excluding NO2 is 1. The average molecular weight is 407 g/mol.